The first-order chi connectivity index (χ1) is 12.1. The highest BCUT2D eigenvalue weighted by molar-refractivity contribution is 6.08. The topological polar surface area (TPSA) is 57.2 Å². The molecule has 0 radical (unpaired) electrons. The van der Waals surface area contributed by atoms with Crippen LogP contribution in [0.1, 0.15) is 15.9 Å². The lowest BCUT2D eigenvalue weighted by Crippen LogP contribution is -2.38. The molecular formula is C19H21NO5. The first kappa shape index (κ1) is 17.0. The fourth-order valence-corrected chi connectivity index (χ4v) is 2.90. The number of anilines is 1. The van der Waals surface area contributed by atoms with Crippen LogP contribution in [0, 0.1) is 6.92 Å². The molecule has 0 bridgehead atoms. The van der Waals surface area contributed by atoms with E-state index in [1.807, 2.05) is 25.1 Å². The van der Waals surface area contributed by atoms with Gasteiger partial charge in [0.05, 0.1) is 33.6 Å². The minimum absolute atomic E-state index is 0.144. The van der Waals surface area contributed by atoms with E-state index < -0.39 is 0 Å². The van der Waals surface area contributed by atoms with Crippen LogP contribution in [0.4, 0.5) is 5.69 Å². The molecule has 6 nitrogen and oxygen atoms in total. The number of methoxy groups -OCH3 is 3. The van der Waals surface area contributed by atoms with Crippen molar-refractivity contribution in [3.8, 4) is 23.0 Å². The van der Waals surface area contributed by atoms with Crippen LogP contribution < -0.4 is 23.8 Å². The van der Waals surface area contributed by atoms with Crippen molar-refractivity contribution < 1.29 is 23.7 Å². The van der Waals surface area contributed by atoms with Crippen LogP contribution in [-0.4, -0.2) is 40.4 Å². The van der Waals surface area contributed by atoms with Gasteiger partial charge in [0.25, 0.3) is 5.91 Å². The van der Waals surface area contributed by atoms with Gasteiger partial charge in [-0.3, -0.25) is 4.79 Å². The number of hydrogen-bond acceptors (Lipinski definition) is 5. The summed E-state index contributed by atoms with van der Waals surface area (Å²) in [6, 6.07) is 9.12. The van der Waals surface area contributed by atoms with E-state index in [2.05, 4.69) is 0 Å². The molecule has 0 spiro atoms. The summed E-state index contributed by atoms with van der Waals surface area (Å²) in [5.41, 5.74) is 2.29. The molecule has 1 aliphatic heterocycles. The molecule has 132 valence electrons. The molecule has 1 heterocycles. The highest BCUT2D eigenvalue weighted by atomic mass is 16.5. The van der Waals surface area contributed by atoms with Gasteiger partial charge in [0.2, 0.25) is 5.75 Å². The van der Waals surface area contributed by atoms with Gasteiger partial charge < -0.3 is 23.8 Å². The molecular weight excluding hydrogens is 322 g/mol. The maximum atomic E-state index is 13.1. The summed E-state index contributed by atoms with van der Waals surface area (Å²) in [6.45, 7) is 2.91. The van der Waals surface area contributed by atoms with Crippen molar-refractivity contribution >= 4 is 11.6 Å². The Labute approximate surface area is 146 Å². The Morgan fingerprint density at radius 1 is 1.04 bits per heavy atom. The Bertz CT molecular complexity index is 777. The minimum Gasteiger partial charge on any atom is -0.493 e. The number of aryl methyl sites for hydroxylation is 1. The molecule has 0 fully saturated rings. The molecule has 6 heteroatoms. The molecule has 0 aliphatic carbocycles. The van der Waals surface area contributed by atoms with Crippen molar-refractivity contribution in [2.45, 2.75) is 6.92 Å². The lowest BCUT2D eigenvalue weighted by Gasteiger charge is -2.30. The second-order valence-electron chi connectivity index (χ2n) is 5.69. The lowest BCUT2D eigenvalue weighted by atomic mass is 10.1. The van der Waals surface area contributed by atoms with Crippen LogP contribution in [-0.2, 0) is 0 Å². The smallest absolute Gasteiger partial charge is 0.258 e. The zero-order chi connectivity index (χ0) is 18.0. The summed E-state index contributed by atoms with van der Waals surface area (Å²) >= 11 is 0. The first-order valence-electron chi connectivity index (χ1n) is 7.94. The number of fused-ring (bicyclic) bond motifs is 1. The van der Waals surface area contributed by atoms with Gasteiger partial charge in [-0.05, 0) is 36.8 Å². The summed E-state index contributed by atoms with van der Waals surface area (Å²) in [6.07, 6.45) is 0. The standard InChI is InChI=1S/C19H21NO5/c1-12-5-6-15-14(9-12)20(7-8-25-15)19(21)13-10-16(22-2)18(24-4)17(11-13)23-3/h5-6,9-11H,7-8H2,1-4H3. The van der Waals surface area contributed by atoms with Gasteiger partial charge in [0, 0.05) is 5.56 Å². The largest absolute Gasteiger partial charge is 0.493 e. The zero-order valence-corrected chi connectivity index (χ0v) is 14.8. The molecule has 1 aliphatic rings. The van der Waals surface area contributed by atoms with Crippen LogP contribution >= 0.6 is 0 Å². The monoisotopic (exact) mass is 343 g/mol. The van der Waals surface area contributed by atoms with Gasteiger partial charge in [-0.15, -0.1) is 0 Å². The average molecular weight is 343 g/mol. The number of rotatable bonds is 4. The van der Waals surface area contributed by atoms with E-state index in [-0.39, 0.29) is 5.91 Å². The minimum atomic E-state index is -0.144. The molecule has 0 N–H and O–H groups in total. The van der Waals surface area contributed by atoms with Crippen molar-refractivity contribution in [1.82, 2.24) is 0 Å². The van der Waals surface area contributed by atoms with Gasteiger partial charge in [-0.1, -0.05) is 6.07 Å². The zero-order valence-electron chi connectivity index (χ0n) is 14.8. The second-order valence-corrected chi connectivity index (χ2v) is 5.69. The van der Waals surface area contributed by atoms with E-state index in [1.54, 1.807) is 17.0 Å². The third kappa shape index (κ3) is 3.07. The van der Waals surface area contributed by atoms with E-state index in [0.717, 1.165) is 11.3 Å². The number of benzene rings is 2. The summed E-state index contributed by atoms with van der Waals surface area (Å²) in [7, 11) is 4.58. The first-order valence-corrected chi connectivity index (χ1v) is 7.94. The molecule has 1 amide bonds. The summed E-state index contributed by atoms with van der Waals surface area (Å²) < 4.78 is 21.7. The number of nitrogens with zero attached hydrogens (tertiary/aromatic N) is 1. The predicted octanol–water partition coefficient (Wildman–Crippen LogP) is 3.06. The highest BCUT2D eigenvalue weighted by Crippen LogP contribution is 2.39. The van der Waals surface area contributed by atoms with Gasteiger partial charge >= 0.3 is 0 Å². The van der Waals surface area contributed by atoms with Crippen molar-refractivity contribution in [3.05, 3.63) is 41.5 Å². The van der Waals surface area contributed by atoms with Crippen molar-refractivity contribution in [2.24, 2.45) is 0 Å². The molecule has 2 aromatic carbocycles. The molecule has 2 aromatic rings. The predicted molar refractivity (Wildman–Crippen MR) is 94.4 cm³/mol. The van der Waals surface area contributed by atoms with E-state index in [0.29, 0.717) is 41.7 Å². The van der Waals surface area contributed by atoms with E-state index >= 15 is 0 Å². The van der Waals surface area contributed by atoms with E-state index in [9.17, 15) is 4.79 Å². The van der Waals surface area contributed by atoms with E-state index in [4.69, 9.17) is 18.9 Å². The number of amides is 1. The van der Waals surface area contributed by atoms with Crippen molar-refractivity contribution in [3.63, 3.8) is 0 Å². The second kappa shape index (κ2) is 6.93. The third-order valence-electron chi connectivity index (χ3n) is 4.13. The maximum absolute atomic E-state index is 13.1. The fraction of sp³-hybridized carbons (Fsp3) is 0.316. The maximum Gasteiger partial charge on any atom is 0.258 e. The number of carbonyl (C=O) groups excluding carboxylic acids is 1. The molecule has 3 rings (SSSR count). The summed E-state index contributed by atoms with van der Waals surface area (Å²) in [5.74, 6) is 1.91. The number of carbonyl (C=O) groups is 1. The highest BCUT2D eigenvalue weighted by Gasteiger charge is 2.27. The Morgan fingerprint density at radius 3 is 2.32 bits per heavy atom. The van der Waals surface area contributed by atoms with Gasteiger partial charge in [-0.2, -0.15) is 0 Å². The Balaban J connectivity index is 2.04. The fourth-order valence-electron chi connectivity index (χ4n) is 2.90. The van der Waals surface area contributed by atoms with Crippen molar-refractivity contribution in [2.75, 3.05) is 39.4 Å². The molecule has 0 atom stereocenters. The van der Waals surface area contributed by atoms with Gasteiger partial charge in [0.15, 0.2) is 11.5 Å². The summed E-state index contributed by atoms with van der Waals surface area (Å²) in [4.78, 5) is 14.8. The third-order valence-corrected chi connectivity index (χ3v) is 4.13. The normalized spacial score (nSPS) is 12.9. The summed E-state index contributed by atoms with van der Waals surface area (Å²) in [5, 5.41) is 0. The average Bonchev–Trinajstić information content (AvgIpc) is 2.65. The van der Waals surface area contributed by atoms with Gasteiger partial charge in [0.1, 0.15) is 12.4 Å². The lowest BCUT2D eigenvalue weighted by molar-refractivity contribution is 0.0976. The van der Waals surface area contributed by atoms with Gasteiger partial charge in [-0.25, -0.2) is 0 Å². The molecule has 0 saturated carbocycles. The van der Waals surface area contributed by atoms with Crippen LogP contribution in [0.15, 0.2) is 30.3 Å². The SMILES string of the molecule is COc1cc(C(=O)N2CCOc3ccc(C)cc32)cc(OC)c1OC. The Hall–Kier alpha value is -2.89. The number of hydrogen-bond donors (Lipinski definition) is 0. The van der Waals surface area contributed by atoms with Crippen LogP contribution in [0.5, 0.6) is 23.0 Å². The molecule has 0 saturated heterocycles. The molecule has 0 aromatic heterocycles. The van der Waals surface area contributed by atoms with Crippen LogP contribution in [0.3, 0.4) is 0 Å². The Morgan fingerprint density at radius 2 is 1.72 bits per heavy atom. The molecule has 0 unspecified atom stereocenters. The van der Waals surface area contributed by atoms with Crippen LogP contribution in [0.25, 0.3) is 0 Å². The number of ether oxygens (including phenoxy) is 4. The molecule has 25 heavy (non-hydrogen) atoms. The van der Waals surface area contributed by atoms with E-state index in [1.165, 1.54) is 21.3 Å². The Kier molecular flexibility index (Phi) is 4.70. The van der Waals surface area contributed by atoms with Crippen molar-refractivity contribution in [1.29, 1.82) is 0 Å². The quantitative estimate of drug-likeness (QED) is 0.854. The van der Waals surface area contributed by atoms with Crippen LogP contribution in [0.2, 0.25) is 0 Å².